The van der Waals surface area contributed by atoms with Crippen LogP contribution in [0, 0.1) is 0 Å². The molecule has 1 N–H and O–H groups in total. The fourth-order valence-electron chi connectivity index (χ4n) is 1.31. The van der Waals surface area contributed by atoms with Crippen LogP contribution in [-0.2, 0) is 16.1 Å². The predicted octanol–water partition coefficient (Wildman–Crippen LogP) is 1.51. The van der Waals surface area contributed by atoms with Crippen LogP contribution < -0.4 is 5.32 Å². The highest BCUT2D eigenvalue weighted by molar-refractivity contribution is 5.69. The molecule has 0 bridgehead atoms. The molecule has 4 nitrogen and oxygen atoms in total. The number of carbonyl (C=O) groups is 1. The van der Waals surface area contributed by atoms with Gasteiger partial charge in [0.2, 0.25) is 0 Å². The quantitative estimate of drug-likeness (QED) is 0.561. The van der Waals surface area contributed by atoms with Gasteiger partial charge in [0, 0.05) is 19.2 Å². The van der Waals surface area contributed by atoms with Crippen LogP contribution in [-0.4, -0.2) is 24.1 Å². The largest absolute Gasteiger partial charge is 0.466 e. The van der Waals surface area contributed by atoms with Gasteiger partial charge in [-0.1, -0.05) is 6.07 Å². The molecule has 0 aromatic carbocycles. The molecule has 88 valence electrons. The SMILES string of the molecule is CCOC(=O)CCCNCc1ccccn1. The van der Waals surface area contributed by atoms with E-state index in [-0.39, 0.29) is 5.97 Å². The maximum atomic E-state index is 11.0. The van der Waals surface area contributed by atoms with Crippen LogP contribution >= 0.6 is 0 Å². The van der Waals surface area contributed by atoms with Gasteiger partial charge in [0.15, 0.2) is 0 Å². The minimum Gasteiger partial charge on any atom is -0.466 e. The van der Waals surface area contributed by atoms with Crippen molar-refractivity contribution in [2.75, 3.05) is 13.2 Å². The lowest BCUT2D eigenvalue weighted by Crippen LogP contribution is -2.17. The minimum absolute atomic E-state index is 0.123. The molecule has 4 heteroatoms. The first-order chi connectivity index (χ1) is 7.83. The third kappa shape index (κ3) is 5.46. The fraction of sp³-hybridized carbons (Fsp3) is 0.500. The Morgan fingerprint density at radius 1 is 1.50 bits per heavy atom. The monoisotopic (exact) mass is 222 g/mol. The molecule has 1 heterocycles. The van der Waals surface area contributed by atoms with Crippen molar-refractivity contribution < 1.29 is 9.53 Å². The number of pyridine rings is 1. The van der Waals surface area contributed by atoms with Gasteiger partial charge in [-0.3, -0.25) is 9.78 Å². The number of esters is 1. The van der Waals surface area contributed by atoms with E-state index in [2.05, 4.69) is 10.3 Å². The van der Waals surface area contributed by atoms with E-state index in [0.717, 1.165) is 25.2 Å². The number of rotatable bonds is 7. The number of nitrogens with zero attached hydrogens (tertiary/aromatic N) is 1. The van der Waals surface area contributed by atoms with Gasteiger partial charge in [0.25, 0.3) is 0 Å². The zero-order valence-electron chi connectivity index (χ0n) is 9.61. The van der Waals surface area contributed by atoms with Crippen molar-refractivity contribution in [3.05, 3.63) is 30.1 Å². The Bertz CT molecular complexity index is 301. The highest BCUT2D eigenvalue weighted by Gasteiger charge is 2.00. The minimum atomic E-state index is -0.123. The van der Waals surface area contributed by atoms with Crippen LogP contribution in [0.1, 0.15) is 25.5 Å². The standard InChI is InChI=1S/C12H18N2O2/c1-2-16-12(15)7-5-8-13-10-11-6-3-4-9-14-11/h3-4,6,9,13H,2,5,7-8,10H2,1H3. The normalized spacial score (nSPS) is 10.1. The summed E-state index contributed by atoms with van der Waals surface area (Å²) in [6.45, 7) is 3.82. The number of hydrogen-bond donors (Lipinski definition) is 1. The molecule has 0 saturated heterocycles. The first-order valence-corrected chi connectivity index (χ1v) is 5.59. The van der Waals surface area contributed by atoms with Crippen LogP contribution in [0.25, 0.3) is 0 Å². The van der Waals surface area contributed by atoms with E-state index < -0.39 is 0 Å². The summed E-state index contributed by atoms with van der Waals surface area (Å²) in [5.41, 5.74) is 1.01. The summed E-state index contributed by atoms with van der Waals surface area (Å²) in [6, 6.07) is 5.82. The molecule has 1 rings (SSSR count). The Morgan fingerprint density at radius 3 is 3.06 bits per heavy atom. The molecule has 0 aliphatic carbocycles. The van der Waals surface area contributed by atoms with Gasteiger partial charge in [-0.05, 0) is 32.0 Å². The lowest BCUT2D eigenvalue weighted by molar-refractivity contribution is -0.143. The second-order valence-corrected chi connectivity index (χ2v) is 3.41. The van der Waals surface area contributed by atoms with E-state index in [4.69, 9.17) is 4.74 Å². The predicted molar refractivity (Wildman–Crippen MR) is 61.8 cm³/mol. The van der Waals surface area contributed by atoms with Gasteiger partial charge >= 0.3 is 5.97 Å². The number of hydrogen-bond acceptors (Lipinski definition) is 4. The summed E-state index contributed by atoms with van der Waals surface area (Å²) in [5.74, 6) is -0.123. The Balaban J connectivity index is 2.02. The topological polar surface area (TPSA) is 51.2 Å². The van der Waals surface area contributed by atoms with Crippen LogP contribution in [0.4, 0.5) is 0 Å². The van der Waals surface area contributed by atoms with Gasteiger partial charge in [0.05, 0.1) is 12.3 Å². The van der Waals surface area contributed by atoms with Gasteiger partial charge in [-0.15, -0.1) is 0 Å². The van der Waals surface area contributed by atoms with Gasteiger partial charge in [-0.2, -0.15) is 0 Å². The molecule has 0 aliphatic heterocycles. The molecule has 0 aliphatic rings. The van der Waals surface area contributed by atoms with Crippen molar-refractivity contribution in [2.24, 2.45) is 0 Å². The van der Waals surface area contributed by atoms with Gasteiger partial charge in [-0.25, -0.2) is 0 Å². The van der Waals surface area contributed by atoms with Crippen molar-refractivity contribution >= 4 is 5.97 Å². The molecular formula is C12H18N2O2. The molecular weight excluding hydrogens is 204 g/mol. The second kappa shape index (κ2) is 7.82. The fourth-order valence-corrected chi connectivity index (χ4v) is 1.31. The smallest absolute Gasteiger partial charge is 0.305 e. The van der Waals surface area contributed by atoms with Crippen molar-refractivity contribution in [2.45, 2.75) is 26.3 Å². The number of nitrogens with one attached hydrogen (secondary N) is 1. The molecule has 0 unspecified atom stereocenters. The molecule has 0 atom stereocenters. The van der Waals surface area contributed by atoms with E-state index in [1.54, 1.807) is 6.20 Å². The van der Waals surface area contributed by atoms with Crippen molar-refractivity contribution in [3.8, 4) is 0 Å². The molecule has 0 spiro atoms. The highest BCUT2D eigenvalue weighted by Crippen LogP contribution is 1.94. The summed E-state index contributed by atoms with van der Waals surface area (Å²) in [4.78, 5) is 15.2. The zero-order valence-corrected chi connectivity index (χ0v) is 9.61. The molecule has 16 heavy (non-hydrogen) atoms. The lowest BCUT2D eigenvalue weighted by atomic mass is 10.3. The summed E-state index contributed by atoms with van der Waals surface area (Å²) in [5, 5.41) is 3.23. The Hall–Kier alpha value is -1.42. The van der Waals surface area contributed by atoms with Crippen molar-refractivity contribution in [1.82, 2.24) is 10.3 Å². The average molecular weight is 222 g/mol. The molecule has 1 aromatic rings. The van der Waals surface area contributed by atoms with E-state index in [0.29, 0.717) is 13.0 Å². The van der Waals surface area contributed by atoms with Crippen LogP contribution in [0.15, 0.2) is 24.4 Å². The lowest BCUT2D eigenvalue weighted by Gasteiger charge is -2.04. The Kier molecular flexibility index (Phi) is 6.18. The second-order valence-electron chi connectivity index (χ2n) is 3.41. The van der Waals surface area contributed by atoms with Crippen molar-refractivity contribution in [1.29, 1.82) is 0 Å². The first kappa shape index (κ1) is 12.6. The third-order valence-electron chi connectivity index (χ3n) is 2.07. The molecule has 0 amide bonds. The summed E-state index contributed by atoms with van der Waals surface area (Å²) < 4.78 is 4.83. The van der Waals surface area contributed by atoms with Gasteiger partial charge in [0.1, 0.15) is 0 Å². The first-order valence-electron chi connectivity index (χ1n) is 5.59. The van der Waals surface area contributed by atoms with E-state index in [1.165, 1.54) is 0 Å². The summed E-state index contributed by atoms with van der Waals surface area (Å²) >= 11 is 0. The summed E-state index contributed by atoms with van der Waals surface area (Å²) in [7, 11) is 0. The molecule has 0 radical (unpaired) electrons. The molecule has 0 saturated carbocycles. The number of aromatic nitrogens is 1. The van der Waals surface area contributed by atoms with E-state index in [9.17, 15) is 4.79 Å². The van der Waals surface area contributed by atoms with Crippen molar-refractivity contribution in [3.63, 3.8) is 0 Å². The van der Waals surface area contributed by atoms with Gasteiger partial charge < -0.3 is 10.1 Å². The Morgan fingerprint density at radius 2 is 2.38 bits per heavy atom. The highest BCUT2D eigenvalue weighted by atomic mass is 16.5. The van der Waals surface area contributed by atoms with Crippen LogP contribution in [0.5, 0.6) is 0 Å². The molecule has 0 fully saturated rings. The van der Waals surface area contributed by atoms with Crippen LogP contribution in [0.2, 0.25) is 0 Å². The van der Waals surface area contributed by atoms with Crippen LogP contribution in [0.3, 0.4) is 0 Å². The van der Waals surface area contributed by atoms with E-state index >= 15 is 0 Å². The average Bonchev–Trinajstić information content (AvgIpc) is 2.30. The third-order valence-corrected chi connectivity index (χ3v) is 2.07. The van der Waals surface area contributed by atoms with E-state index in [1.807, 2.05) is 25.1 Å². The summed E-state index contributed by atoms with van der Waals surface area (Å²) in [6.07, 6.45) is 3.05. The maximum Gasteiger partial charge on any atom is 0.305 e. The zero-order chi connectivity index (χ0) is 11.6. The maximum absolute atomic E-state index is 11.0. The Labute approximate surface area is 96.0 Å². The molecule has 1 aromatic heterocycles. The number of carbonyl (C=O) groups excluding carboxylic acids is 1. The number of ether oxygens (including phenoxy) is 1.